The Bertz CT molecular complexity index is 505. The third kappa shape index (κ3) is 4.19. The number of hydrogen-bond donors (Lipinski definition) is 1. The molecule has 106 valence electrons. The van der Waals surface area contributed by atoms with Gasteiger partial charge in [-0.2, -0.15) is 0 Å². The highest BCUT2D eigenvalue weighted by Crippen LogP contribution is 2.07. The van der Waals surface area contributed by atoms with Crippen molar-refractivity contribution in [1.82, 2.24) is 10.2 Å². The smallest absolute Gasteiger partial charge is 0.244 e. The zero-order valence-corrected chi connectivity index (χ0v) is 11.1. The number of carbonyl (C=O) groups is 2. The van der Waals surface area contributed by atoms with Gasteiger partial charge in [0.2, 0.25) is 11.8 Å². The van der Waals surface area contributed by atoms with E-state index in [1.165, 1.54) is 18.2 Å². The fourth-order valence-corrected chi connectivity index (χ4v) is 2.05. The zero-order valence-electron chi connectivity index (χ0n) is 11.1. The van der Waals surface area contributed by atoms with Crippen LogP contribution < -0.4 is 5.32 Å². The Hall–Kier alpha value is -2.17. The van der Waals surface area contributed by atoms with Crippen LogP contribution in [0.1, 0.15) is 18.4 Å². The standard InChI is InChI=1S/C15H17FN2O2/c16-13-6-3-12(4-7-13)5-8-14(19)17-11-15(20)18-9-1-2-10-18/h3-8H,1-2,9-11H2,(H,17,19). The molecule has 0 saturated carbocycles. The summed E-state index contributed by atoms with van der Waals surface area (Å²) in [7, 11) is 0. The van der Waals surface area contributed by atoms with E-state index in [1.807, 2.05) is 0 Å². The van der Waals surface area contributed by atoms with Gasteiger partial charge in [-0.3, -0.25) is 9.59 Å². The molecule has 5 heteroatoms. The Labute approximate surface area is 117 Å². The maximum absolute atomic E-state index is 12.7. The van der Waals surface area contributed by atoms with Crippen molar-refractivity contribution in [2.45, 2.75) is 12.8 Å². The van der Waals surface area contributed by atoms with Gasteiger partial charge < -0.3 is 10.2 Å². The summed E-state index contributed by atoms with van der Waals surface area (Å²) < 4.78 is 12.7. The first-order valence-electron chi connectivity index (χ1n) is 6.64. The minimum atomic E-state index is -0.332. The number of amides is 2. The molecule has 0 atom stereocenters. The first-order valence-corrected chi connectivity index (χ1v) is 6.64. The van der Waals surface area contributed by atoms with Crippen LogP contribution in [-0.2, 0) is 9.59 Å². The zero-order chi connectivity index (χ0) is 14.4. The van der Waals surface area contributed by atoms with E-state index in [9.17, 15) is 14.0 Å². The summed E-state index contributed by atoms with van der Waals surface area (Å²) in [4.78, 5) is 25.0. The molecule has 1 N–H and O–H groups in total. The number of likely N-dealkylation sites (tertiary alicyclic amines) is 1. The van der Waals surface area contributed by atoms with E-state index in [4.69, 9.17) is 0 Å². The number of rotatable bonds is 4. The third-order valence-corrected chi connectivity index (χ3v) is 3.17. The van der Waals surface area contributed by atoms with Crippen LogP contribution in [0, 0.1) is 5.82 Å². The summed E-state index contributed by atoms with van der Waals surface area (Å²) in [5.41, 5.74) is 0.729. The molecule has 0 radical (unpaired) electrons. The Balaban J connectivity index is 1.77. The van der Waals surface area contributed by atoms with Crippen molar-refractivity contribution in [3.63, 3.8) is 0 Å². The fraction of sp³-hybridized carbons (Fsp3) is 0.333. The van der Waals surface area contributed by atoms with Crippen molar-refractivity contribution in [3.05, 3.63) is 41.7 Å². The normalized spacial score (nSPS) is 14.8. The number of nitrogens with one attached hydrogen (secondary N) is 1. The molecule has 20 heavy (non-hydrogen) atoms. The second-order valence-corrected chi connectivity index (χ2v) is 4.69. The lowest BCUT2D eigenvalue weighted by Gasteiger charge is -2.14. The van der Waals surface area contributed by atoms with Gasteiger partial charge in [0, 0.05) is 19.2 Å². The van der Waals surface area contributed by atoms with Gasteiger partial charge in [-0.1, -0.05) is 12.1 Å². The van der Waals surface area contributed by atoms with Crippen molar-refractivity contribution < 1.29 is 14.0 Å². The van der Waals surface area contributed by atoms with Gasteiger partial charge in [-0.05, 0) is 36.6 Å². The maximum atomic E-state index is 12.7. The highest BCUT2D eigenvalue weighted by molar-refractivity contribution is 5.94. The van der Waals surface area contributed by atoms with Gasteiger partial charge in [-0.15, -0.1) is 0 Å². The van der Waals surface area contributed by atoms with E-state index in [2.05, 4.69) is 5.32 Å². The van der Waals surface area contributed by atoms with E-state index >= 15 is 0 Å². The van der Waals surface area contributed by atoms with Gasteiger partial charge in [0.25, 0.3) is 0 Å². The van der Waals surface area contributed by atoms with E-state index in [1.54, 1.807) is 23.1 Å². The lowest BCUT2D eigenvalue weighted by molar-refractivity contribution is -0.131. The quantitative estimate of drug-likeness (QED) is 0.849. The first kappa shape index (κ1) is 14.2. The molecule has 0 unspecified atom stereocenters. The minimum Gasteiger partial charge on any atom is -0.343 e. The van der Waals surface area contributed by atoms with Crippen LogP contribution in [0.3, 0.4) is 0 Å². The maximum Gasteiger partial charge on any atom is 0.244 e. The molecule has 2 amide bonds. The van der Waals surface area contributed by atoms with Gasteiger partial charge in [-0.25, -0.2) is 4.39 Å². The van der Waals surface area contributed by atoms with Crippen molar-refractivity contribution in [3.8, 4) is 0 Å². The van der Waals surface area contributed by atoms with Gasteiger partial charge in [0.15, 0.2) is 0 Å². The summed E-state index contributed by atoms with van der Waals surface area (Å²) in [5.74, 6) is -0.698. The average Bonchev–Trinajstić information content (AvgIpc) is 2.98. The molecular formula is C15H17FN2O2. The van der Waals surface area contributed by atoms with Crippen molar-refractivity contribution >= 4 is 17.9 Å². The second-order valence-electron chi connectivity index (χ2n) is 4.69. The molecule has 1 saturated heterocycles. The number of hydrogen-bond acceptors (Lipinski definition) is 2. The fourth-order valence-electron chi connectivity index (χ4n) is 2.05. The Kier molecular flexibility index (Phi) is 4.87. The predicted molar refractivity (Wildman–Crippen MR) is 74.3 cm³/mol. The molecule has 1 aliphatic rings. The van der Waals surface area contributed by atoms with Crippen LogP contribution in [0.5, 0.6) is 0 Å². The molecule has 1 aromatic carbocycles. The van der Waals surface area contributed by atoms with Gasteiger partial charge >= 0.3 is 0 Å². The van der Waals surface area contributed by atoms with Crippen LogP contribution in [0.15, 0.2) is 30.3 Å². The van der Waals surface area contributed by atoms with Crippen molar-refractivity contribution in [2.24, 2.45) is 0 Å². The van der Waals surface area contributed by atoms with Crippen LogP contribution >= 0.6 is 0 Å². The SMILES string of the molecule is O=C(C=Cc1ccc(F)cc1)NCC(=O)N1CCCC1. The largest absolute Gasteiger partial charge is 0.343 e. The van der Waals surface area contributed by atoms with Crippen LogP contribution in [0.2, 0.25) is 0 Å². The molecule has 1 fully saturated rings. The van der Waals surface area contributed by atoms with Gasteiger partial charge in [0.05, 0.1) is 6.54 Å². The molecule has 4 nitrogen and oxygen atoms in total. The topological polar surface area (TPSA) is 49.4 Å². The molecule has 0 spiro atoms. The summed E-state index contributed by atoms with van der Waals surface area (Å²) in [6.45, 7) is 1.58. The molecule has 0 aliphatic carbocycles. The molecule has 2 rings (SSSR count). The van der Waals surface area contributed by atoms with E-state index in [-0.39, 0.29) is 24.2 Å². The van der Waals surface area contributed by atoms with Crippen LogP contribution in [0.25, 0.3) is 6.08 Å². The summed E-state index contributed by atoms with van der Waals surface area (Å²) in [5, 5.41) is 2.55. The Morgan fingerprint density at radius 2 is 1.85 bits per heavy atom. The molecule has 1 heterocycles. The van der Waals surface area contributed by atoms with Crippen LogP contribution in [-0.4, -0.2) is 36.3 Å². The Morgan fingerprint density at radius 1 is 1.20 bits per heavy atom. The molecular weight excluding hydrogens is 259 g/mol. The van der Waals surface area contributed by atoms with E-state index in [0.29, 0.717) is 0 Å². The third-order valence-electron chi connectivity index (χ3n) is 3.17. The highest BCUT2D eigenvalue weighted by atomic mass is 19.1. The molecule has 0 bridgehead atoms. The molecule has 1 aromatic rings. The number of benzene rings is 1. The summed E-state index contributed by atoms with van der Waals surface area (Å²) in [6.07, 6.45) is 4.98. The lowest BCUT2D eigenvalue weighted by Crippen LogP contribution is -2.38. The second kappa shape index (κ2) is 6.84. The van der Waals surface area contributed by atoms with Crippen LogP contribution in [0.4, 0.5) is 4.39 Å². The average molecular weight is 276 g/mol. The summed E-state index contributed by atoms with van der Waals surface area (Å²) in [6, 6.07) is 5.81. The number of halogens is 1. The minimum absolute atomic E-state index is 0.0204. The first-order chi connectivity index (χ1) is 9.65. The Morgan fingerprint density at radius 3 is 2.50 bits per heavy atom. The van der Waals surface area contributed by atoms with Crippen molar-refractivity contribution in [2.75, 3.05) is 19.6 Å². The number of nitrogens with zero attached hydrogens (tertiary/aromatic N) is 1. The lowest BCUT2D eigenvalue weighted by atomic mass is 10.2. The molecule has 1 aliphatic heterocycles. The number of carbonyl (C=O) groups excluding carboxylic acids is 2. The summed E-state index contributed by atoms with van der Waals surface area (Å²) >= 11 is 0. The van der Waals surface area contributed by atoms with E-state index < -0.39 is 0 Å². The predicted octanol–water partition coefficient (Wildman–Crippen LogP) is 1.58. The highest BCUT2D eigenvalue weighted by Gasteiger charge is 2.17. The molecule has 0 aromatic heterocycles. The van der Waals surface area contributed by atoms with Crippen molar-refractivity contribution in [1.29, 1.82) is 0 Å². The van der Waals surface area contributed by atoms with Gasteiger partial charge in [0.1, 0.15) is 5.82 Å². The monoisotopic (exact) mass is 276 g/mol. The van der Waals surface area contributed by atoms with E-state index in [0.717, 1.165) is 31.5 Å².